The quantitative estimate of drug-likeness (QED) is 0.524. The van der Waals surface area contributed by atoms with Gasteiger partial charge in [-0.05, 0) is 47.2 Å². The second-order valence-electron chi connectivity index (χ2n) is 6.27. The van der Waals surface area contributed by atoms with Crippen molar-refractivity contribution in [2.45, 2.75) is 19.5 Å². The lowest BCUT2D eigenvalue weighted by Crippen LogP contribution is -2.35. The number of rotatable bonds is 9. The van der Waals surface area contributed by atoms with Crippen molar-refractivity contribution in [1.29, 1.82) is 0 Å². The molecule has 0 saturated heterocycles. The third-order valence-electron chi connectivity index (χ3n) is 4.18. The molecular formula is C21H23N3O3S2. The van der Waals surface area contributed by atoms with E-state index in [1.165, 1.54) is 0 Å². The van der Waals surface area contributed by atoms with Gasteiger partial charge < -0.3 is 20.3 Å². The number of hydrogen-bond acceptors (Lipinski definition) is 5. The molecule has 2 heterocycles. The molecule has 3 rings (SSSR count). The zero-order valence-electron chi connectivity index (χ0n) is 16.1. The first-order valence-corrected chi connectivity index (χ1v) is 10.9. The number of nitrogens with one attached hydrogen (secondary N) is 2. The lowest BCUT2D eigenvalue weighted by molar-refractivity contribution is -0.132. The molecule has 0 aliphatic rings. The number of carbonyl (C=O) groups is 2. The number of ether oxygens (including phenoxy) is 1. The van der Waals surface area contributed by atoms with E-state index < -0.39 is 0 Å². The number of hydrogen-bond donors (Lipinski definition) is 2. The molecule has 0 unspecified atom stereocenters. The molecule has 3 aromatic rings. The second-order valence-corrected chi connectivity index (χ2v) is 8.33. The first-order chi connectivity index (χ1) is 14.1. The fraction of sp³-hybridized carbons (Fsp3) is 0.238. The maximum absolute atomic E-state index is 12.8. The summed E-state index contributed by atoms with van der Waals surface area (Å²) >= 11 is 3.27. The van der Waals surface area contributed by atoms with Crippen LogP contribution in [0.2, 0.25) is 0 Å². The second kappa shape index (κ2) is 10.6. The smallest absolute Gasteiger partial charge is 0.319 e. The van der Waals surface area contributed by atoms with Gasteiger partial charge in [-0.3, -0.25) is 4.79 Å². The summed E-state index contributed by atoms with van der Waals surface area (Å²) in [7, 11) is 1.59. The number of methoxy groups -OCH3 is 1. The van der Waals surface area contributed by atoms with Crippen LogP contribution < -0.4 is 15.4 Å². The van der Waals surface area contributed by atoms with Gasteiger partial charge in [0.15, 0.2) is 0 Å². The van der Waals surface area contributed by atoms with E-state index in [0.29, 0.717) is 18.8 Å². The zero-order valence-corrected chi connectivity index (χ0v) is 17.7. The van der Waals surface area contributed by atoms with E-state index in [4.69, 9.17) is 4.74 Å². The molecule has 0 spiro atoms. The SMILES string of the molecule is COc1ccc(NC(=O)NCCC(=O)N(Cc2cccs2)Cc2cccs2)cc1. The maximum atomic E-state index is 12.8. The minimum Gasteiger partial charge on any atom is -0.497 e. The molecule has 152 valence electrons. The molecule has 0 aliphatic carbocycles. The van der Waals surface area contributed by atoms with Crippen molar-refractivity contribution >= 4 is 40.3 Å². The van der Waals surface area contributed by atoms with Crippen molar-refractivity contribution in [3.63, 3.8) is 0 Å². The van der Waals surface area contributed by atoms with Gasteiger partial charge in [0.1, 0.15) is 5.75 Å². The Hall–Kier alpha value is -2.84. The topological polar surface area (TPSA) is 70.7 Å². The summed E-state index contributed by atoms with van der Waals surface area (Å²) in [6, 6.07) is 14.7. The first kappa shape index (κ1) is 20.9. The number of urea groups is 1. The van der Waals surface area contributed by atoms with Gasteiger partial charge >= 0.3 is 6.03 Å². The normalized spacial score (nSPS) is 10.4. The van der Waals surface area contributed by atoms with Crippen molar-refractivity contribution in [1.82, 2.24) is 10.2 Å². The summed E-state index contributed by atoms with van der Waals surface area (Å²) in [5.41, 5.74) is 0.659. The largest absolute Gasteiger partial charge is 0.497 e. The van der Waals surface area contributed by atoms with Crippen molar-refractivity contribution in [2.75, 3.05) is 19.0 Å². The van der Waals surface area contributed by atoms with Gasteiger partial charge in [0.05, 0.1) is 20.2 Å². The Kier molecular flexibility index (Phi) is 7.66. The Morgan fingerprint density at radius 1 is 0.966 bits per heavy atom. The van der Waals surface area contributed by atoms with E-state index in [-0.39, 0.29) is 24.9 Å². The average molecular weight is 430 g/mol. The molecular weight excluding hydrogens is 406 g/mol. The van der Waals surface area contributed by atoms with Gasteiger partial charge in [-0.15, -0.1) is 22.7 Å². The molecule has 0 saturated carbocycles. The number of benzene rings is 1. The van der Waals surface area contributed by atoms with Crippen LogP contribution in [-0.4, -0.2) is 30.5 Å². The van der Waals surface area contributed by atoms with Gasteiger partial charge in [-0.2, -0.15) is 0 Å². The van der Waals surface area contributed by atoms with Crippen LogP contribution in [0, 0.1) is 0 Å². The highest BCUT2D eigenvalue weighted by molar-refractivity contribution is 7.10. The molecule has 0 bridgehead atoms. The molecule has 6 nitrogen and oxygen atoms in total. The minimum atomic E-state index is -0.342. The van der Waals surface area contributed by atoms with Crippen LogP contribution in [0.25, 0.3) is 0 Å². The molecule has 29 heavy (non-hydrogen) atoms. The number of anilines is 1. The molecule has 2 aromatic heterocycles. The lowest BCUT2D eigenvalue weighted by atomic mass is 10.3. The fourth-order valence-electron chi connectivity index (χ4n) is 2.70. The monoisotopic (exact) mass is 429 g/mol. The van der Waals surface area contributed by atoms with Gasteiger partial charge in [-0.1, -0.05) is 12.1 Å². The van der Waals surface area contributed by atoms with E-state index >= 15 is 0 Å². The number of carbonyl (C=O) groups excluding carboxylic acids is 2. The number of thiophene rings is 2. The van der Waals surface area contributed by atoms with Crippen LogP contribution in [0.1, 0.15) is 16.2 Å². The van der Waals surface area contributed by atoms with Crippen LogP contribution >= 0.6 is 22.7 Å². The summed E-state index contributed by atoms with van der Waals surface area (Å²) in [5, 5.41) is 9.50. The highest BCUT2D eigenvalue weighted by Gasteiger charge is 2.16. The molecule has 2 N–H and O–H groups in total. The van der Waals surface area contributed by atoms with Crippen molar-refractivity contribution in [2.24, 2.45) is 0 Å². The summed E-state index contributed by atoms with van der Waals surface area (Å²) < 4.78 is 5.09. The van der Waals surface area contributed by atoms with E-state index in [0.717, 1.165) is 15.5 Å². The standard InChI is InChI=1S/C21H23N3O3S2/c1-27-17-8-6-16(7-9-17)23-21(26)22-11-10-20(25)24(14-18-4-2-12-28-18)15-19-5-3-13-29-19/h2-9,12-13H,10-11,14-15H2,1H3,(H2,22,23,26). The molecule has 0 atom stereocenters. The zero-order chi connectivity index (χ0) is 20.5. The van der Waals surface area contributed by atoms with Crippen LogP contribution in [0.5, 0.6) is 5.75 Å². The predicted molar refractivity (Wildman–Crippen MR) is 118 cm³/mol. The van der Waals surface area contributed by atoms with E-state index in [2.05, 4.69) is 10.6 Å². The number of nitrogens with zero attached hydrogens (tertiary/aromatic N) is 1. The Bertz CT molecular complexity index is 858. The van der Waals surface area contributed by atoms with Gasteiger partial charge in [0.25, 0.3) is 0 Å². The highest BCUT2D eigenvalue weighted by atomic mass is 32.1. The van der Waals surface area contributed by atoms with Crippen molar-refractivity contribution < 1.29 is 14.3 Å². The molecule has 3 amide bonds. The van der Waals surface area contributed by atoms with E-state index in [1.54, 1.807) is 54.0 Å². The number of amides is 3. The predicted octanol–water partition coefficient (Wildman–Crippen LogP) is 4.56. The van der Waals surface area contributed by atoms with Gasteiger partial charge in [-0.25, -0.2) is 4.79 Å². The Balaban J connectivity index is 1.48. The van der Waals surface area contributed by atoms with Gasteiger partial charge in [0.2, 0.25) is 5.91 Å². The molecule has 8 heteroatoms. The van der Waals surface area contributed by atoms with Crippen molar-refractivity contribution in [3.05, 3.63) is 69.0 Å². The van der Waals surface area contributed by atoms with Crippen LogP contribution in [-0.2, 0) is 17.9 Å². The Morgan fingerprint density at radius 3 is 2.10 bits per heavy atom. The van der Waals surface area contributed by atoms with E-state index in [9.17, 15) is 9.59 Å². The molecule has 1 aromatic carbocycles. The van der Waals surface area contributed by atoms with Crippen LogP contribution in [0.15, 0.2) is 59.3 Å². The average Bonchev–Trinajstić information content (AvgIpc) is 3.42. The molecule has 0 aliphatic heterocycles. The minimum absolute atomic E-state index is 0.0107. The molecule has 0 fully saturated rings. The van der Waals surface area contributed by atoms with Crippen LogP contribution in [0.4, 0.5) is 10.5 Å². The van der Waals surface area contributed by atoms with E-state index in [1.807, 2.05) is 39.9 Å². The lowest BCUT2D eigenvalue weighted by Gasteiger charge is -2.22. The third-order valence-corrected chi connectivity index (χ3v) is 5.90. The Labute approximate surface area is 178 Å². The Morgan fingerprint density at radius 2 is 1.59 bits per heavy atom. The highest BCUT2D eigenvalue weighted by Crippen LogP contribution is 2.18. The van der Waals surface area contributed by atoms with Crippen LogP contribution in [0.3, 0.4) is 0 Å². The van der Waals surface area contributed by atoms with Gasteiger partial charge in [0, 0.05) is 28.4 Å². The van der Waals surface area contributed by atoms with Crippen molar-refractivity contribution in [3.8, 4) is 5.75 Å². The molecule has 0 radical (unpaired) electrons. The summed E-state index contributed by atoms with van der Waals surface area (Å²) in [5.74, 6) is 0.731. The summed E-state index contributed by atoms with van der Waals surface area (Å²) in [4.78, 5) is 28.9. The summed E-state index contributed by atoms with van der Waals surface area (Å²) in [6.07, 6.45) is 0.243. The fourth-order valence-corrected chi connectivity index (χ4v) is 4.14. The maximum Gasteiger partial charge on any atom is 0.319 e. The summed E-state index contributed by atoms with van der Waals surface area (Å²) in [6.45, 7) is 1.42. The third kappa shape index (κ3) is 6.62. The first-order valence-electron chi connectivity index (χ1n) is 9.15.